The second kappa shape index (κ2) is 4.89. The number of aromatic nitrogens is 4. The minimum atomic E-state index is 0. The van der Waals surface area contributed by atoms with Crippen LogP contribution in [-0.2, 0) is 20.1 Å². The number of nitrogens with two attached hydrogens (primary N) is 2. The molecule has 0 saturated carbocycles. The molecule has 88 valence electrons. The van der Waals surface area contributed by atoms with Gasteiger partial charge >= 0.3 is 0 Å². The zero-order valence-corrected chi connectivity index (χ0v) is 9.80. The van der Waals surface area contributed by atoms with E-state index in [0.717, 1.165) is 13.1 Å². The smallest absolute Gasteiger partial charge is 0.243 e. The molecular weight excluding hydrogens is 228 g/mol. The first kappa shape index (κ1) is 12.4. The lowest BCUT2D eigenvalue weighted by atomic mass is 10.5. The van der Waals surface area contributed by atoms with Gasteiger partial charge in [0.1, 0.15) is 24.8 Å². The molecule has 0 fully saturated rings. The van der Waals surface area contributed by atoms with Crippen LogP contribution < -0.4 is 28.4 Å². The molecule has 2 aromatic rings. The van der Waals surface area contributed by atoms with Crippen molar-refractivity contribution in [3.8, 4) is 0 Å². The van der Waals surface area contributed by atoms with Gasteiger partial charge in [-0.25, -0.2) is 13.8 Å². The van der Waals surface area contributed by atoms with E-state index < -0.39 is 0 Å². The van der Waals surface area contributed by atoms with Crippen LogP contribution in [0.5, 0.6) is 0 Å². The van der Waals surface area contributed by atoms with E-state index in [1.807, 2.05) is 30.3 Å². The van der Waals surface area contributed by atoms with Gasteiger partial charge in [-0.3, -0.25) is 0 Å². The number of halogens is 1. The van der Waals surface area contributed by atoms with Crippen molar-refractivity contribution < 1.29 is 17.0 Å². The number of hydrogen-bond acceptors (Lipinski definition) is 3. The van der Waals surface area contributed by atoms with Crippen molar-refractivity contribution in [1.29, 1.82) is 0 Å². The summed E-state index contributed by atoms with van der Waals surface area (Å²) in [6.45, 7) is 1.55. The summed E-state index contributed by atoms with van der Waals surface area (Å²) in [7, 11) is 1.98. The molecule has 0 aliphatic heterocycles. The van der Waals surface area contributed by atoms with Crippen LogP contribution in [0.4, 0.5) is 11.5 Å². The Hall–Kier alpha value is -1.69. The van der Waals surface area contributed by atoms with E-state index >= 15 is 0 Å². The minimum absolute atomic E-state index is 0. The van der Waals surface area contributed by atoms with Crippen LogP contribution in [0.3, 0.4) is 0 Å². The molecule has 0 saturated heterocycles. The molecule has 7 heteroatoms. The molecule has 0 atom stereocenters. The van der Waals surface area contributed by atoms with Crippen molar-refractivity contribution in [2.75, 3.05) is 11.5 Å². The van der Waals surface area contributed by atoms with E-state index in [1.165, 1.54) is 0 Å². The lowest BCUT2D eigenvalue weighted by Crippen LogP contribution is -3.00. The molecule has 2 aromatic heterocycles. The number of rotatable bonds is 3. The van der Waals surface area contributed by atoms with Gasteiger partial charge in [0.2, 0.25) is 6.33 Å². The first-order valence-electron chi connectivity index (χ1n) is 4.74. The number of anilines is 2. The molecule has 0 amide bonds. The topological polar surface area (TPSA) is 78.7 Å². The second-order valence-electron chi connectivity index (χ2n) is 3.53. The third-order valence-corrected chi connectivity index (χ3v) is 2.30. The molecule has 0 aliphatic carbocycles. The number of nitrogens with zero attached hydrogens (tertiary/aromatic N) is 4. The van der Waals surface area contributed by atoms with Gasteiger partial charge in [-0.1, -0.05) is 0 Å². The van der Waals surface area contributed by atoms with Gasteiger partial charge in [-0.2, -0.15) is 5.10 Å². The van der Waals surface area contributed by atoms with Crippen molar-refractivity contribution in [3.05, 3.63) is 24.9 Å². The highest BCUT2D eigenvalue weighted by atomic mass is 35.5. The van der Waals surface area contributed by atoms with Crippen LogP contribution in [0, 0.1) is 0 Å². The maximum atomic E-state index is 5.73. The van der Waals surface area contributed by atoms with Crippen LogP contribution in [0.25, 0.3) is 0 Å². The Balaban J connectivity index is 0.00000128. The van der Waals surface area contributed by atoms with E-state index in [4.69, 9.17) is 11.5 Å². The third kappa shape index (κ3) is 2.46. The second-order valence-corrected chi connectivity index (χ2v) is 3.53. The number of nitrogen functional groups attached to an aromatic ring is 2. The van der Waals surface area contributed by atoms with Crippen molar-refractivity contribution in [2.45, 2.75) is 13.1 Å². The Labute approximate surface area is 99.9 Å². The first-order valence-corrected chi connectivity index (χ1v) is 4.74. The van der Waals surface area contributed by atoms with Gasteiger partial charge in [0.25, 0.3) is 0 Å². The molecule has 0 aliphatic rings. The van der Waals surface area contributed by atoms with Gasteiger partial charge in [0, 0.05) is 0 Å². The molecule has 16 heavy (non-hydrogen) atoms. The van der Waals surface area contributed by atoms with Gasteiger partial charge in [0.15, 0.2) is 0 Å². The standard InChI is InChI=1S/C9H15N6.ClH/c1-13-2-3-14(7-13)4-5-15-9(11)8(10)6-12-15;/h2-3,6-7H,4-5,10-11H2,1H3;1H/q+1;/p-1. The minimum Gasteiger partial charge on any atom is -1.00 e. The van der Waals surface area contributed by atoms with E-state index in [0.29, 0.717) is 11.5 Å². The summed E-state index contributed by atoms with van der Waals surface area (Å²) in [5.74, 6) is 0.534. The van der Waals surface area contributed by atoms with Crippen LogP contribution in [-0.4, -0.2) is 14.3 Å². The average Bonchev–Trinajstić information content (AvgIpc) is 2.74. The average molecular weight is 243 g/mol. The van der Waals surface area contributed by atoms with E-state index in [1.54, 1.807) is 10.9 Å². The van der Waals surface area contributed by atoms with Crippen molar-refractivity contribution in [3.63, 3.8) is 0 Å². The third-order valence-electron chi connectivity index (χ3n) is 2.30. The molecule has 0 unspecified atom stereocenters. The van der Waals surface area contributed by atoms with Crippen LogP contribution >= 0.6 is 0 Å². The summed E-state index contributed by atoms with van der Waals surface area (Å²) in [5, 5.41) is 4.08. The monoisotopic (exact) mass is 242 g/mol. The molecule has 0 radical (unpaired) electrons. The maximum Gasteiger partial charge on any atom is 0.243 e. The van der Waals surface area contributed by atoms with E-state index in [2.05, 4.69) is 9.67 Å². The molecule has 2 heterocycles. The normalized spacial score (nSPS) is 10.1. The van der Waals surface area contributed by atoms with E-state index in [-0.39, 0.29) is 12.4 Å². The Morgan fingerprint density at radius 1 is 1.38 bits per heavy atom. The van der Waals surface area contributed by atoms with Crippen molar-refractivity contribution in [1.82, 2.24) is 14.3 Å². The summed E-state index contributed by atoms with van der Waals surface area (Å²) >= 11 is 0. The first-order chi connectivity index (χ1) is 7.16. The summed E-state index contributed by atoms with van der Waals surface area (Å²) in [6.07, 6.45) is 7.57. The Kier molecular flexibility index (Phi) is 3.78. The SMILES string of the molecule is C[n+]1ccn(CCn2ncc(N)c2N)c1.[Cl-]. The molecule has 0 spiro atoms. The number of aryl methyl sites for hydroxylation is 3. The summed E-state index contributed by atoms with van der Waals surface area (Å²) in [5.41, 5.74) is 11.9. The van der Waals surface area contributed by atoms with Crippen molar-refractivity contribution >= 4 is 11.5 Å². The number of imidazole rings is 1. The zero-order chi connectivity index (χ0) is 10.8. The van der Waals surface area contributed by atoms with Crippen LogP contribution in [0.15, 0.2) is 24.9 Å². The maximum absolute atomic E-state index is 5.73. The molecule has 0 aromatic carbocycles. The number of hydrogen-bond donors (Lipinski definition) is 2. The van der Waals surface area contributed by atoms with Crippen LogP contribution in [0.1, 0.15) is 0 Å². The molecule has 4 N–H and O–H groups in total. The Morgan fingerprint density at radius 2 is 2.12 bits per heavy atom. The molecule has 0 bridgehead atoms. The van der Waals surface area contributed by atoms with Gasteiger partial charge in [-0.15, -0.1) is 0 Å². The highest BCUT2D eigenvalue weighted by Crippen LogP contribution is 2.11. The molecule has 2 rings (SSSR count). The van der Waals surface area contributed by atoms with Crippen LogP contribution in [0.2, 0.25) is 0 Å². The Morgan fingerprint density at radius 3 is 2.62 bits per heavy atom. The largest absolute Gasteiger partial charge is 1.00 e. The highest BCUT2D eigenvalue weighted by molar-refractivity contribution is 5.56. The summed E-state index contributed by atoms with van der Waals surface area (Å²) < 4.78 is 5.76. The zero-order valence-electron chi connectivity index (χ0n) is 9.05. The quantitative estimate of drug-likeness (QED) is 0.546. The van der Waals surface area contributed by atoms with Gasteiger partial charge in [-0.05, 0) is 0 Å². The Bertz CT molecular complexity index is 460. The fourth-order valence-electron chi connectivity index (χ4n) is 1.43. The van der Waals surface area contributed by atoms with Gasteiger partial charge in [0.05, 0.1) is 25.5 Å². The van der Waals surface area contributed by atoms with Crippen molar-refractivity contribution in [2.24, 2.45) is 7.05 Å². The van der Waals surface area contributed by atoms with E-state index in [9.17, 15) is 0 Å². The summed E-state index contributed by atoms with van der Waals surface area (Å²) in [6, 6.07) is 0. The fourth-order valence-corrected chi connectivity index (χ4v) is 1.43. The lowest BCUT2D eigenvalue weighted by molar-refractivity contribution is -0.671. The van der Waals surface area contributed by atoms with Gasteiger partial charge < -0.3 is 23.9 Å². The molecular formula is C9H15ClN6. The summed E-state index contributed by atoms with van der Waals surface area (Å²) in [4.78, 5) is 0. The highest BCUT2D eigenvalue weighted by Gasteiger charge is 2.05. The fraction of sp³-hybridized carbons (Fsp3) is 0.333. The molecule has 6 nitrogen and oxygen atoms in total. The predicted molar refractivity (Wildman–Crippen MR) is 56.7 cm³/mol. The predicted octanol–water partition coefficient (Wildman–Crippen LogP) is -3.62. The lowest BCUT2D eigenvalue weighted by Gasteiger charge is -2.01.